The molecule has 26 heavy (non-hydrogen) atoms. The van der Waals surface area contributed by atoms with Gasteiger partial charge in [0.2, 0.25) is 0 Å². The van der Waals surface area contributed by atoms with E-state index in [1.54, 1.807) is 15.9 Å². The first-order valence-electron chi connectivity index (χ1n) is 8.10. The summed E-state index contributed by atoms with van der Waals surface area (Å²) in [6.45, 7) is 3.69. The topological polar surface area (TPSA) is 36.4 Å². The summed E-state index contributed by atoms with van der Waals surface area (Å²) in [7, 11) is 0. The molecule has 1 saturated heterocycles. The van der Waals surface area contributed by atoms with Gasteiger partial charge in [-0.15, -0.1) is 0 Å². The Hall–Kier alpha value is -2.28. The molecule has 0 atom stereocenters. The minimum Gasteiger partial charge on any atom is -0.352 e. The summed E-state index contributed by atoms with van der Waals surface area (Å²) in [6, 6.07) is 8.26. The van der Waals surface area contributed by atoms with Gasteiger partial charge in [-0.2, -0.15) is 13.2 Å². The molecule has 2 aromatic rings. The minimum absolute atomic E-state index is 0.0431. The van der Waals surface area contributed by atoms with Crippen LogP contribution < -0.4 is 4.90 Å². The Morgan fingerprint density at radius 2 is 1.81 bits per heavy atom. The van der Waals surface area contributed by atoms with E-state index in [-0.39, 0.29) is 10.9 Å². The molecule has 1 aromatic heterocycles. The molecular formula is C18H17ClF3N3O. The molecule has 0 unspecified atom stereocenters. The summed E-state index contributed by atoms with van der Waals surface area (Å²) in [5.74, 6) is 0.261. The van der Waals surface area contributed by atoms with Crippen molar-refractivity contribution in [2.24, 2.45) is 0 Å². The van der Waals surface area contributed by atoms with Crippen LogP contribution in [0.2, 0.25) is 5.02 Å². The lowest BCUT2D eigenvalue weighted by atomic mass is 10.1. The number of pyridine rings is 1. The number of benzene rings is 1. The lowest BCUT2D eigenvalue weighted by Crippen LogP contribution is -2.49. The van der Waals surface area contributed by atoms with Crippen molar-refractivity contribution in [3.05, 3.63) is 58.2 Å². The quantitative estimate of drug-likeness (QED) is 0.785. The third-order valence-corrected chi connectivity index (χ3v) is 4.67. The first kappa shape index (κ1) is 18.5. The van der Waals surface area contributed by atoms with Crippen molar-refractivity contribution in [2.75, 3.05) is 31.1 Å². The zero-order valence-corrected chi connectivity index (χ0v) is 14.8. The van der Waals surface area contributed by atoms with Gasteiger partial charge in [-0.3, -0.25) is 4.79 Å². The second-order valence-electron chi connectivity index (χ2n) is 6.12. The lowest BCUT2D eigenvalue weighted by molar-refractivity contribution is -0.137. The Bertz CT molecular complexity index is 818. The van der Waals surface area contributed by atoms with E-state index in [1.165, 1.54) is 0 Å². The Morgan fingerprint density at radius 3 is 2.38 bits per heavy atom. The number of hydrogen-bond donors (Lipinski definition) is 0. The van der Waals surface area contributed by atoms with E-state index in [9.17, 15) is 18.0 Å². The van der Waals surface area contributed by atoms with Crippen molar-refractivity contribution in [3.63, 3.8) is 0 Å². The van der Waals surface area contributed by atoms with Gasteiger partial charge in [0, 0.05) is 37.9 Å². The molecule has 1 aliphatic rings. The SMILES string of the molecule is Cc1ccccc1C(=O)N1CCN(c2ncc(C(F)(F)F)cc2Cl)CC1. The molecule has 0 N–H and O–H groups in total. The molecule has 0 radical (unpaired) electrons. The Morgan fingerprint density at radius 1 is 1.15 bits per heavy atom. The van der Waals surface area contributed by atoms with Crippen LogP contribution in [0.3, 0.4) is 0 Å². The van der Waals surface area contributed by atoms with Crippen LogP contribution in [-0.2, 0) is 6.18 Å². The number of halogens is 4. The summed E-state index contributed by atoms with van der Waals surface area (Å²) in [5.41, 5.74) is 0.693. The highest BCUT2D eigenvalue weighted by Gasteiger charge is 2.32. The highest BCUT2D eigenvalue weighted by molar-refractivity contribution is 6.33. The number of aromatic nitrogens is 1. The van der Waals surface area contributed by atoms with Gasteiger partial charge in [-0.05, 0) is 24.6 Å². The van der Waals surface area contributed by atoms with E-state index < -0.39 is 11.7 Å². The number of aryl methyl sites for hydroxylation is 1. The summed E-state index contributed by atoms with van der Waals surface area (Å²) < 4.78 is 38.2. The van der Waals surface area contributed by atoms with Crippen LogP contribution >= 0.6 is 11.6 Å². The fourth-order valence-corrected chi connectivity index (χ4v) is 3.21. The maximum absolute atomic E-state index is 12.7. The third kappa shape index (κ3) is 3.77. The Labute approximate surface area is 154 Å². The van der Waals surface area contributed by atoms with Gasteiger partial charge in [0.05, 0.1) is 10.6 Å². The maximum atomic E-state index is 12.7. The molecule has 0 spiro atoms. The molecule has 1 aliphatic heterocycles. The number of hydrogen-bond acceptors (Lipinski definition) is 3. The second-order valence-corrected chi connectivity index (χ2v) is 6.53. The number of anilines is 1. The molecule has 1 amide bonds. The summed E-state index contributed by atoms with van der Waals surface area (Å²) >= 11 is 6.00. The normalized spacial score (nSPS) is 15.3. The predicted molar refractivity (Wildman–Crippen MR) is 93.5 cm³/mol. The van der Waals surface area contributed by atoms with Crippen LogP contribution in [-0.4, -0.2) is 42.0 Å². The van der Waals surface area contributed by atoms with Crippen LogP contribution in [0.4, 0.5) is 19.0 Å². The summed E-state index contributed by atoms with van der Waals surface area (Å²) in [4.78, 5) is 20.0. The average molecular weight is 384 g/mol. The number of rotatable bonds is 2. The molecule has 1 aromatic carbocycles. The van der Waals surface area contributed by atoms with Crippen molar-refractivity contribution >= 4 is 23.3 Å². The van der Waals surface area contributed by atoms with Crippen LogP contribution in [0, 0.1) is 6.92 Å². The largest absolute Gasteiger partial charge is 0.417 e. The van der Waals surface area contributed by atoms with Crippen LogP contribution in [0.25, 0.3) is 0 Å². The van der Waals surface area contributed by atoms with Crippen LogP contribution in [0.1, 0.15) is 21.5 Å². The first-order valence-corrected chi connectivity index (χ1v) is 8.48. The highest BCUT2D eigenvalue weighted by atomic mass is 35.5. The fourth-order valence-electron chi connectivity index (χ4n) is 2.92. The number of piperazine rings is 1. The lowest BCUT2D eigenvalue weighted by Gasteiger charge is -2.36. The number of nitrogens with zero attached hydrogens (tertiary/aromatic N) is 3. The van der Waals surface area contributed by atoms with E-state index in [1.807, 2.05) is 25.1 Å². The van der Waals surface area contributed by atoms with Gasteiger partial charge < -0.3 is 9.80 Å². The van der Waals surface area contributed by atoms with E-state index in [0.29, 0.717) is 37.6 Å². The van der Waals surface area contributed by atoms with Crippen LogP contribution in [0.15, 0.2) is 36.5 Å². The molecule has 0 aliphatic carbocycles. The molecule has 2 heterocycles. The first-order chi connectivity index (χ1) is 12.3. The van der Waals surface area contributed by atoms with Crippen molar-refractivity contribution in [3.8, 4) is 0 Å². The van der Waals surface area contributed by atoms with Gasteiger partial charge in [0.25, 0.3) is 5.91 Å². The zero-order valence-electron chi connectivity index (χ0n) is 14.1. The molecule has 3 rings (SSSR count). The standard InChI is InChI=1S/C18H17ClF3N3O/c1-12-4-2-3-5-14(12)17(26)25-8-6-24(7-9-25)16-15(19)10-13(11-23-16)18(20,21)22/h2-5,10-11H,6-9H2,1H3. The zero-order chi connectivity index (χ0) is 18.9. The summed E-state index contributed by atoms with van der Waals surface area (Å²) in [5, 5.41) is -0.0431. The highest BCUT2D eigenvalue weighted by Crippen LogP contribution is 2.33. The van der Waals surface area contributed by atoms with Crippen LogP contribution in [0.5, 0.6) is 0 Å². The number of amides is 1. The maximum Gasteiger partial charge on any atom is 0.417 e. The molecule has 0 saturated carbocycles. The molecular weight excluding hydrogens is 367 g/mol. The van der Waals surface area contributed by atoms with E-state index in [2.05, 4.69) is 4.98 Å². The predicted octanol–water partition coefficient (Wildman–Crippen LogP) is 4.02. The average Bonchev–Trinajstić information content (AvgIpc) is 2.61. The molecule has 1 fully saturated rings. The number of carbonyl (C=O) groups is 1. The third-order valence-electron chi connectivity index (χ3n) is 4.39. The van der Waals surface area contributed by atoms with Gasteiger partial charge >= 0.3 is 6.18 Å². The summed E-state index contributed by atoms with van der Waals surface area (Å²) in [6.07, 6.45) is -3.69. The smallest absolute Gasteiger partial charge is 0.352 e. The molecule has 8 heteroatoms. The Balaban J connectivity index is 1.69. The molecule has 4 nitrogen and oxygen atoms in total. The minimum atomic E-state index is -4.48. The molecule has 138 valence electrons. The van der Waals surface area contributed by atoms with Gasteiger partial charge in [-0.25, -0.2) is 4.98 Å². The number of carbonyl (C=O) groups excluding carboxylic acids is 1. The fraction of sp³-hybridized carbons (Fsp3) is 0.333. The van der Waals surface area contributed by atoms with Crippen molar-refractivity contribution in [1.29, 1.82) is 0 Å². The van der Waals surface area contributed by atoms with Gasteiger partial charge in [-0.1, -0.05) is 29.8 Å². The Kier molecular flexibility index (Phi) is 5.09. The van der Waals surface area contributed by atoms with E-state index in [4.69, 9.17) is 11.6 Å². The van der Waals surface area contributed by atoms with Crippen molar-refractivity contribution in [2.45, 2.75) is 13.1 Å². The van der Waals surface area contributed by atoms with Gasteiger partial charge in [0.15, 0.2) is 0 Å². The molecule has 0 bridgehead atoms. The van der Waals surface area contributed by atoms with E-state index >= 15 is 0 Å². The number of alkyl halides is 3. The van der Waals surface area contributed by atoms with Crippen molar-refractivity contribution < 1.29 is 18.0 Å². The van der Waals surface area contributed by atoms with E-state index in [0.717, 1.165) is 17.8 Å². The second kappa shape index (κ2) is 7.15. The van der Waals surface area contributed by atoms with Crippen molar-refractivity contribution in [1.82, 2.24) is 9.88 Å². The monoisotopic (exact) mass is 383 g/mol. The van der Waals surface area contributed by atoms with Gasteiger partial charge in [0.1, 0.15) is 5.82 Å².